The van der Waals surface area contributed by atoms with Gasteiger partial charge in [0.15, 0.2) is 0 Å². The first-order chi connectivity index (χ1) is 10.8. The van der Waals surface area contributed by atoms with E-state index >= 15 is 0 Å². The molecule has 0 N–H and O–H groups in total. The first-order valence-electron chi connectivity index (χ1n) is 8.02. The van der Waals surface area contributed by atoms with Crippen LogP contribution in [-0.4, -0.2) is 26.4 Å². The summed E-state index contributed by atoms with van der Waals surface area (Å²) in [7, 11) is 0. The molecule has 0 atom stereocenters. The summed E-state index contributed by atoms with van der Waals surface area (Å²) in [5.74, 6) is 0.522. The van der Waals surface area contributed by atoms with E-state index in [-0.39, 0.29) is 11.4 Å². The number of aryl methyl sites for hydroxylation is 1. The van der Waals surface area contributed by atoms with Crippen molar-refractivity contribution < 1.29 is 4.39 Å². The Morgan fingerprint density at radius 3 is 2.74 bits per heavy atom. The maximum absolute atomic E-state index is 13.9. The van der Waals surface area contributed by atoms with E-state index in [1.54, 1.807) is 0 Å². The molecule has 0 amide bonds. The van der Waals surface area contributed by atoms with Crippen LogP contribution in [0.1, 0.15) is 49.0 Å². The second-order valence-electron chi connectivity index (χ2n) is 7.27. The van der Waals surface area contributed by atoms with E-state index in [0.717, 1.165) is 42.2 Å². The van der Waals surface area contributed by atoms with Crippen molar-refractivity contribution >= 4 is 0 Å². The molecule has 23 heavy (non-hydrogen) atoms. The fourth-order valence-electron chi connectivity index (χ4n) is 2.84. The molecule has 0 bridgehead atoms. The van der Waals surface area contributed by atoms with Crippen molar-refractivity contribution in [3.05, 3.63) is 52.6 Å². The van der Waals surface area contributed by atoms with Crippen molar-refractivity contribution in [3.8, 4) is 0 Å². The predicted octanol–water partition coefficient (Wildman–Crippen LogP) is 3.17. The number of aromatic nitrogens is 3. The van der Waals surface area contributed by atoms with Crippen LogP contribution in [0.25, 0.3) is 0 Å². The Hall–Kier alpha value is -1.88. The zero-order valence-corrected chi connectivity index (χ0v) is 14.2. The zero-order chi connectivity index (χ0) is 16.6. The van der Waals surface area contributed by atoms with E-state index in [2.05, 4.69) is 35.6 Å². The quantitative estimate of drug-likeness (QED) is 0.799. The molecule has 2 aromatic heterocycles. The van der Waals surface area contributed by atoms with Crippen LogP contribution in [0.2, 0.25) is 0 Å². The summed E-state index contributed by atoms with van der Waals surface area (Å²) in [5.41, 5.74) is 3.86. The summed E-state index contributed by atoms with van der Waals surface area (Å²) in [4.78, 5) is 15.3. The third-order valence-electron chi connectivity index (χ3n) is 4.30. The maximum atomic E-state index is 13.9. The number of pyridine rings is 1. The van der Waals surface area contributed by atoms with E-state index in [4.69, 9.17) is 4.98 Å². The molecule has 3 rings (SSSR count). The van der Waals surface area contributed by atoms with E-state index in [9.17, 15) is 4.39 Å². The standard InChI is InChI=1S/C18H23FN4/c1-12-5-7-20-16(19)14(12)11-23-8-6-15-13(10-23)9-21-17(22-15)18(2,3)4/h5,7,9H,6,8,10-11H2,1-4H3. The SMILES string of the molecule is Cc1ccnc(F)c1CN1CCc2nc(C(C)(C)C)ncc2C1. The Bertz CT molecular complexity index is 701. The number of fused-ring (bicyclic) bond motifs is 1. The average Bonchev–Trinajstić information content (AvgIpc) is 2.49. The normalized spacial score (nSPS) is 15.5. The minimum atomic E-state index is -0.366. The van der Waals surface area contributed by atoms with Gasteiger partial charge in [0.25, 0.3) is 0 Å². The lowest BCUT2D eigenvalue weighted by Crippen LogP contribution is -2.32. The third kappa shape index (κ3) is 3.39. The summed E-state index contributed by atoms with van der Waals surface area (Å²) in [6, 6.07) is 1.86. The molecule has 0 spiro atoms. The van der Waals surface area contributed by atoms with Gasteiger partial charge in [-0.05, 0) is 18.6 Å². The number of nitrogens with zero attached hydrogens (tertiary/aromatic N) is 4. The van der Waals surface area contributed by atoms with Crippen LogP contribution in [-0.2, 0) is 24.9 Å². The highest BCUT2D eigenvalue weighted by Gasteiger charge is 2.23. The lowest BCUT2D eigenvalue weighted by Gasteiger charge is -2.29. The van der Waals surface area contributed by atoms with E-state index in [1.165, 1.54) is 6.20 Å². The zero-order valence-electron chi connectivity index (χ0n) is 14.2. The van der Waals surface area contributed by atoms with Crippen molar-refractivity contribution in [3.63, 3.8) is 0 Å². The second-order valence-corrected chi connectivity index (χ2v) is 7.27. The molecule has 4 nitrogen and oxygen atoms in total. The van der Waals surface area contributed by atoms with Gasteiger partial charge >= 0.3 is 0 Å². The summed E-state index contributed by atoms with van der Waals surface area (Å²) < 4.78 is 13.9. The Balaban J connectivity index is 1.79. The molecule has 0 saturated heterocycles. The molecule has 3 heterocycles. The molecule has 0 aromatic carbocycles. The number of hydrogen-bond acceptors (Lipinski definition) is 4. The topological polar surface area (TPSA) is 41.9 Å². The predicted molar refractivity (Wildman–Crippen MR) is 87.5 cm³/mol. The van der Waals surface area contributed by atoms with E-state index < -0.39 is 0 Å². The van der Waals surface area contributed by atoms with Gasteiger partial charge < -0.3 is 0 Å². The largest absolute Gasteiger partial charge is 0.294 e. The van der Waals surface area contributed by atoms with Crippen molar-refractivity contribution in [2.24, 2.45) is 0 Å². The third-order valence-corrected chi connectivity index (χ3v) is 4.30. The monoisotopic (exact) mass is 314 g/mol. The Kier molecular flexibility index (Phi) is 4.15. The van der Waals surface area contributed by atoms with Gasteiger partial charge in [-0.2, -0.15) is 4.39 Å². The molecule has 2 aromatic rings. The first kappa shape index (κ1) is 16.0. The molecule has 5 heteroatoms. The van der Waals surface area contributed by atoms with Crippen LogP contribution in [0.4, 0.5) is 4.39 Å². The molecule has 0 unspecified atom stereocenters. The molecule has 0 aliphatic carbocycles. The van der Waals surface area contributed by atoms with Crippen LogP contribution < -0.4 is 0 Å². The Morgan fingerprint density at radius 2 is 2.04 bits per heavy atom. The lowest BCUT2D eigenvalue weighted by molar-refractivity contribution is 0.237. The van der Waals surface area contributed by atoms with Gasteiger partial charge in [0.1, 0.15) is 5.82 Å². The molecular weight excluding hydrogens is 291 g/mol. The second kappa shape index (κ2) is 5.96. The molecule has 0 radical (unpaired) electrons. The van der Waals surface area contributed by atoms with Gasteiger partial charge in [-0.15, -0.1) is 0 Å². The average molecular weight is 314 g/mol. The number of halogens is 1. The Morgan fingerprint density at radius 1 is 1.26 bits per heavy atom. The van der Waals surface area contributed by atoms with Crippen LogP contribution in [0.5, 0.6) is 0 Å². The fourth-order valence-corrected chi connectivity index (χ4v) is 2.84. The summed E-state index contributed by atoms with van der Waals surface area (Å²) >= 11 is 0. The molecule has 1 aliphatic rings. The number of rotatable bonds is 2. The number of hydrogen-bond donors (Lipinski definition) is 0. The van der Waals surface area contributed by atoms with Gasteiger partial charge in [0, 0.05) is 60.7 Å². The molecule has 0 fully saturated rings. The van der Waals surface area contributed by atoms with Crippen LogP contribution in [0.15, 0.2) is 18.5 Å². The maximum Gasteiger partial charge on any atom is 0.217 e. The minimum Gasteiger partial charge on any atom is -0.294 e. The van der Waals surface area contributed by atoms with Crippen LogP contribution in [0.3, 0.4) is 0 Å². The molecular formula is C18H23FN4. The van der Waals surface area contributed by atoms with Crippen LogP contribution >= 0.6 is 0 Å². The van der Waals surface area contributed by atoms with Gasteiger partial charge in [0.05, 0.1) is 0 Å². The molecule has 0 saturated carbocycles. The highest BCUT2D eigenvalue weighted by molar-refractivity contribution is 5.25. The smallest absolute Gasteiger partial charge is 0.217 e. The van der Waals surface area contributed by atoms with Gasteiger partial charge in [0.2, 0.25) is 5.95 Å². The summed E-state index contributed by atoms with van der Waals surface area (Å²) in [6.45, 7) is 10.5. The van der Waals surface area contributed by atoms with Crippen molar-refractivity contribution in [1.82, 2.24) is 19.9 Å². The minimum absolute atomic E-state index is 0.0396. The first-order valence-corrected chi connectivity index (χ1v) is 8.02. The van der Waals surface area contributed by atoms with E-state index in [0.29, 0.717) is 12.1 Å². The van der Waals surface area contributed by atoms with Crippen molar-refractivity contribution in [2.75, 3.05) is 6.54 Å². The molecule has 122 valence electrons. The van der Waals surface area contributed by atoms with Crippen molar-refractivity contribution in [2.45, 2.75) is 52.6 Å². The summed E-state index contributed by atoms with van der Waals surface area (Å²) in [5, 5.41) is 0. The molecule has 1 aliphatic heterocycles. The highest BCUT2D eigenvalue weighted by Crippen LogP contribution is 2.24. The van der Waals surface area contributed by atoms with Crippen LogP contribution in [0, 0.1) is 12.9 Å². The van der Waals surface area contributed by atoms with Gasteiger partial charge in [-0.1, -0.05) is 20.8 Å². The fraction of sp³-hybridized carbons (Fsp3) is 0.500. The lowest BCUT2D eigenvalue weighted by atomic mass is 9.95. The van der Waals surface area contributed by atoms with Crippen molar-refractivity contribution in [1.29, 1.82) is 0 Å². The van der Waals surface area contributed by atoms with Gasteiger partial charge in [-0.3, -0.25) is 4.90 Å². The van der Waals surface area contributed by atoms with E-state index in [1.807, 2.05) is 19.2 Å². The highest BCUT2D eigenvalue weighted by atomic mass is 19.1. The summed E-state index contributed by atoms with van der Waals surface area (Å²) in [6.07, 6.45) is 4.32. The van der Waals surface area contributed by atoms with Gasteiger partial charge in [-0.25, -0.2) is 15.0 Å². The Labute approximate surface area is 136 Å².